The van der Waals surface area contributed by atoms with E-state index in [1.54, 1.807) is 6.07 Å². The maximum atomic E-state index is 14.6. The molecule has 29 heavy (non-hydrogen) atoms. The molecular weight excluding hydrogens is 355 g/mol. The highest BCUT2D eigenvalue weighted by atomic mass is 19.1. The van der Waals surface area contributed by atoms with Gasteiger partial charge in [-0.1, -0.05) is 95.2 Å². The van der Waals surface area contributed by atoms with Crippen molar-refractivity contribution >= 4 is 0 Å². The van der Waals surface area contributed by atoms with E-state index in [-0.39, 0.29) is 5.82 Å². The number of rotatable bonds is 10. The lowest BCUT2D eigenvalue weighted by Crippen LogP contribution is -2.15. The predicted molar refractivity (Wildman–Crippen MR) is 123 cm³/mol. The zero-order valence-electron chi connectivity index (χ0n) is 18.6. The first-order valence-corrected chi connectivity index (χ1v) is 12.0. The maximum absolute atomic E-state index is 14.6. The Balaban J connectivity index is 1.43. The molecule has 0 N–H and O–H groups in total. The molecular formula is C28H39F. The van der Waals surface area contributed by atoms with Crippen molar-refractivity contribution in [1.82, 2.24) is 0 Å². The van der Waals surface area contributed by atoms with E-state index in [1.807, 2.05) is 6.07 Å². The summed E-state index contributed by atoms with van der Waals surface area (Å²) in [5.74, 6) is 1.80. The summed E-state index contributed by atoms with van der Waals surface area (Å²) in [4.78, 5) is 0. The van der Waals surface area contributed by atoms with E-state index in [0.717, 1.165) is 43.1 Å². The first kappa shape index (κ1) is 22.1. The van der Waals surface area contributed by atoms with Crippen LogP contribution >= 0.6 is 0 Å². The summed E-state index contributed by atoms with van der Waals surface area (Å²) in [5, 5.41) is 0. The largest absolute Gasteiger partial charge is 0.207 e. The van der Waals surface area contributed by atoms with Gasteiger partial charge in [0.05, 0.1) is 0 Å². The highest BCUT2D eigenvalue weighted by Gasteiger charge is 2.20. The van der Waals surface area contributed by atoms with Crippen LogP contribution in [0.25, 0.3) is 0 Å². The van der Waals surface area contributed by atoms with Crippen LogP contribution in [-0.4, -0.2) is 0 Å². The normalized spacial score (nSPS) is 19.4. The molecule has 0 bridgehead atoms. The smallest absolute Gasteiger partial charge is 0.126 e. The summed E-state index contributed by atoms with van der Waals surface area (Å²) in [7, 11) is 0. The van der Waals surface area contributed by atoms with Crippen LogP contribution in [-0.2, 0) is 25.7 Å². The van der Waals surface area contributed by atoms with Crippen molar-refractivity contribution in [2.24, 2.45) is 11.8 Å². The third-order valence-electron chi connectivity index (χ3n) is 7.01. The van der Waals surface area contributed by atoms with Gasteiger partial charge >= 0.3 is 0 Å². The Bertz CT molecular complexity index is 722. The fourth-order valence-electron chi connectivity index (χ4n) is 4.84. The lowest BCUT2D eigenvalue weighted by molar-refractivity contribution is 0.250. The lowest BCUT2D eigenvalue weighted by Gasteiger charge is -2.28. The molecule has 1 heteroatoms. The molecule has 0 amide bonds. The van der Waals surface area contributed by atoms with Crippen LogP contribution in [0.4, 0.5) is 4.39 Å². The molecule has 3 rings (SSSR count). The molecule has 158 valence electrons. The van der Waals surface area contributed by atoms with Crippen LogP contribution in [0.2, 0.25) is 0 Å². The second-order valence-corrected chi connectivity index (χ2v) is 9.16. The zero-order valence-corrected chi connectivity index (χ0v) is 18.6. The minimum Gasteiger partial charge on any atom is -0.207 e. The van der Waals surface area contributed by atoms with Gasteiger partial charge in [0.25, 0.3) is 0 Å². The average molecular weight is 395 g/mol. The van der Waals surface area contributed by atoms with Gasteiger partial charge < -0.3 is 0 Å². The second kappa shape index (κ2) is 11.5. The third kappa shape index (κ3) is 6.98. The van der Waals surface area contributed by atoms with Gasteiger partial charge in [-0.3, -0.25) is 0 Å². The van der Waals surface area contributed by atoms with Crippen LogP contribution in [0, 0.1) is 17.7 Å². The minimum absolute atomic E-state index is 0.0176. The Labute approximate surface area is 177 Å². The molecule has 1 saturated carbocycles. The van der Waals surface area contributed by atoms with Gasteiger partial charge in [-0.05, 0) is 72.3 Å². The SMILES string of the molecule is CCCCC1CCC(CCc2ccc(CCc3ccc(CC)cc3)c(F)c2)CC1. The van der Waals surface area contributed by atoms with Gasteiger partial charge in [0, 0.05) is 0 Å². The number of aryl methyl sites for hydroxylation is 4. The van der Waals surface area contributed by atoms with Crippen LogP contribution < -0.4 is 0 Å². The zero-order chi connectivity index (χ0) is 20.5. The summed E-state index contributed by atoms with van der Waals surface area (Å²) in [6.45, 7) is 4.46. The van der Waals surface area contributed by atoms with E-state index < -0.39 is 0 Å². The summed E-state index contributed by atoms with van der Waals surface area (Å²) < 4.78 is 14.6. The van der Waals surface area contributed by atoms with E-state index in [4.69, 9.17) is 0 Å². The Hall–Kier alpha value is -1.63. The van der Waals surface area contributed by atoms with Gasteiger partial charge in [0.1, 0.15) is 5.82 Å². The molecule has 1 aliphatic rings. The highest BCUT2D eigenvalue weighted by molar-refractivity contribution is 5.27. The van der Waals surface area contributed by atoms with E-state index in [1.165, 1.54) is 68.1 Å². The number of unbranched alkanes of at least 4 members (excludes halogenated alkanes) is 1. The van der Waals surface area contributed by atoms with Crippen LogP contribution in [0.1, 0.15) is 87.5 Å². The summed E-state index contributed by atoms with van der Waals surface area (Å²) >= 11 is 0. The molecule has 0 aromatic heterocycles. The van der Waals surface area contributed by atoms with Gasteiger partial charge in [-0.15, -0.1) is 0 Å². The molecule has 0 atom stereocenters. The van der Waals surface area contributed by atoms with Gasteiger partial charge in [0.2, 0.25) is 0 Å². The average Bonchev–Trinajstić information content (AvgIpc) is 2.76. The molecule has 1 fully saturated rings. The lowest BCUT2D eigenvalue weighted by atomic mass is 9.78. The molecule has 0 heterocycles. The summed E-state index contributed by atoms with van der Waals surface area (Å²) in [6.07, 6.45) is 14.7. The van der Waals surface area contributed by atoms with Crippen molar-refractivity contribution in [2.45, 2.75) is 90.9 Å². The van der Waals surface area contributed by atoms with Crippen molar-refractivity contribution in [3.05, 3.63) is 70.5 Å². The number of halogens is 1. The molecule has 0 saturated heterocycles. The van der Waals surface area contributed by atoms with Crippen molar-refractivity contribution in [2.75, 3.05) is 0 Å². The molecule has 0 nitrogen and oxygen atoms in total. The Morgan fingerprint density at radius 3 is 1.97 bits per heavy atom. The molecule has 0 spiro atoms. The standard InChI is InChI=1S/C28H39F/c1-3-5-6-23-11-13-24(14-12-23)15-16-26-18-20-27(28(29)21-26)19-17-25-9-7-22(4-2)8-10-25/h7-10,18,20-21,23-24H,3-6,11-17,19H2,1-2H3. The van der Waals surface area contributed by atoms with E-state index in [9.17, 15) is 4.39 Å². The van der Waals surface area contributed by atoms with E-state index in [0.29, 0.717) is 0 Å². The monoisotopic (exact) mass is 394 g/mol. The van der Waals surface area contributed by atoms with Gasteiger partial charge in [-0.2, -0.15) is 0 Å². The topological polar surface area (TPSA) is 0 Å². The molecule has 1 aliphatic carbocycles. The molecule has 2 aromatic rings. The Kier molecular flexibility index (Phi) is 8.77. The fourth-order valence-corrected chi connectivity index (χ4v) is 4.84. The quantitative estimate of drug-likeness (QED) is 0.382. The molecule has 0 unspecified atom stereocenters. The summed E-state index contributed by atoms with van der Waals surface area (Å²) in [6, 6.07) is 14.7. The minimum atomic E-state index is -0.0176. The number of hydrogen-bond acceptors (Lipinski definition) is 0. The van der Waals surface area contributed by atoms with E-state index in [2.05, 4.69) is 44.2 Å². The Morgan fingerprint density at radius 1 is 0.724 bits per heavy atom. The Morgan fingerprint density at radius 2 is 1.34 bits per heavy atom. The van der Waals surface area contributed by atoms with Crippen LogP contribution in [0.15, 0.2) is 42.5 Å². The third-order valence-corrected chi connectivity index (χ3v) is 7.01. The molecule has 0 aliphatic heterocycles. The maximum Gasteiger partial charge on any atom is 0.126 e. The van der Waals surface area contributed by atoms with Crippen molar-refractivity contribution < 1.29 is 4.39 Å². The van der Waals surface area contributed by atoms with Gasteiger partial charge in [0.15, 0.2) is 0 Å². The van der Waals surface area contributed by atoms with Crippen LogP contribution in [0.5, 0.6) is 0 Å². The summed E-state index contributed by atoms with van der Waals surface area (Å²) in [5.41, 5.74) is 4.68. The van der Waals surface area contributed by atoms with Crippen molar-refractivity contribution in [1.29, 1.82) is 0 Å². The first-order chi connectivity index (χ1) is 14.2. The number of benzene rings is 2. The second-order valence-electron chi connectivity index (χ2n) is 9.16. The molecule has 0 radical (unpaired) electrons. The number of hydrogen-bond donors (Lipinski definition) is 0. The van der Waals surface area contributed by atoms with Crippen LogP contribution in [0.3, 0.4) is 0 Å². The fraction of sp³-hybridized carbons (Fsp3) is 0.571. The first-order valence-electron chi connectivity index (χ1n) is 12.0. The highest BCUT2D eigenvalue weighted by Crippen LogP contribution is 2.34. The predicted octanol–water partition coefficient (Wildman–Crippen LogP) is 8.10. The molecule has 2 aromatic carbocycles. The van der Waals surface area contributed by atoms with Gasteiger partial charge in [-0.25, -0.2) is 4.39 Å². The van der Waals surface area contributed by atoms with Crippen molar-refractivity contribution in [3.8, 4) is 0 Å². The van der Waals surface area contributed by atoms with Crippen molar-refractivity contribution in [3.63, 3.8) is 0 Å². The van der Waals surface area contributed by atoms with E-state index >= 15 is 0 Å².